The van der Waals surface area contributed by atoms with Crippen molar-refractivity contribution in [3.05, 3.63) is 112 Å². The highest BCUT2D eigenvalue weighted by molar-refractivity contribution is 9.11. The van der Waals surface area contributed by atoms with Crippen LogP contribution >= 0.6 is 55.3 Å². The summed E-state index contributed by atoms with van der Waals surface area (Å²) in [5.74, 6) is 1.55. The summed E-state index contributed by atoms with van der Waals surface area (Å²) in [5, 5.41) is 17.4. The SMILES string of the molecule is Brc1ccc(Br)c2nsnc12.C.CCc1ccc(-c2ccc(-c3ccc(OC)cc3)c3nsnc23)cc1.COc1ccc(B(O)O)cc1. The Kier molecular flexibility index (Phi) is 13.6. The number of hydrogen-bond donors (Lipinski definition) is 2. The van der Waals surface area contributed by atoms with Crippen LogP contribution in [0.4, 0.5) is 0 Å². The molecule has 0 aliphatic carbocycles. The van der Waals surface area contributed by atoms with E-state index in [1.807, 2.05) is 24.3 Å². The monoisotopic (exact) mass is 806 g/mol. The molecule has 0 saturated heterocycles. The van der Waals surface area contributed by atoms with Crippen molar-refractivity contribution >= 4 is 90.0 Å². The van der Waals surface area contributed by atoms with E-state index in [9.17, 15) is 0 Å². The summed E-state index contributed by atoms with van der Waals surface area (Å²) in [4.78, 5) is 0. The number of fused-ring (bicyclic) bond motifs is 2. The Labute approximate surface area is 305 Å². The van der Waals surface area contributed by atoms with Crippen LogP contribution < -0.4 is 14.9 Å². The first-order valence-electron chi connectivity index (χ1n) is 14.4. The Bertz CT molecular complexity index is 1940. The minimum absolute atomic E-state index is 0. The molecule has 2 N–H and O–H groups in total. The number of hydrogen-bond acceptors (Lipinski definition) is 10. The van der Waals surface area contributed by atoms with Gasteiger partial charge in [0.05, 0.1) is 37.7 Å². The van der Waals surface area contributed by atoms with Gasteiger partial charge in [-0.1, -0.05) is 75.0 Å². The van der Waals surface area contributed by atoms with Crippen LogP contribution in [0, 0.1) is 0 Å². The van der Waals surface area contributed by atoms with E-state index in [4.69, 9.17) is 19.5 Å². The number of rotatable bonds is 6. The smallest absolute Gasteiger partial charge is 0.488 e. The average molecular weight is 808 g/mol. The fraction of sp³-hybridized carbons (Fsp3) is 0.143. The van der Waals surface area contributed by atoms with E-state index >= 15 is 0 Å². The highest BCUT2D eigenvalue weighted by Crippen LogP contribution is 2.35. The number of nitrogens with zero attached hydrogens (tertiary/aromatic N) is 4. The molecule has 0 bridgehead atoms. The van der Waals surface area contributed by atoms with Crippen LogP contribution in [0.25, 0.3) is 44.3 Å². The first-order valence-corrected chi connectivity index (χ1v) is 17.4. The molecule has 246 valence electrons. The van der Waals surface area contributed by atoms with Crippen molar-refractivity contribution in [1.29, 1.82) is 0 Å². The van der Waals surface area contributed by atoms with Gasteiger partial charge in [-0.25, -0.2) is 0 Å². The molecule has 48 heavy (non-hydrogen) atoms. The Morgan fingerprint density at radius 1 is 0.583 bits per heavy atom. The Morgan fingerprint density at radius 3 is 1.38 bits per heavy atom. The molecule has 5 aromatic carbocycles. The van der Waals surface area contributed by atoms with Crippen LogP contribution in [0.5, 0.6) is 11.5 Å². The standard InChI is InChI=1S/C21H18N2OS.C7H9BO3.C6H2Br2N2S.CH4/c1-3-14-4-6-15(7-5-14)18-12-13-19(21-20(18)22-25-23-21)16-8-10-17(24-2)11-9-16;1-11-7-4-2-6(3-5-7)8(9)10;7-3-1-2-4(8)6-5(3)9-11-10-6;/h4-13H,3H2,1-2H3;2-5,9-10H,1H3;1-2H;1H4. The first kappa shape index (κ1) is 37.1. The molecule has 0 saturated carbocycles. The van der Waals surface area contributed by atoms with Gasteiger partial charge in [-0.15, -0.1) is 0 Å². The van der Waals surface area contributed by atoms with E-state index < -0.39 is 7.12 Å². The fourth-order valence-corrected chi connectivity index (χ4v) is 6.80. The third-order valence-electron chi connectivity index (χ3n) is 7.22. The Balaban J connectivity index is 0.000000188. The topological polar surface area (TPSA) is 110 Å². The van der Waals surface area contributed by atoms with E-state index in [2.05, 4.69) is 105 Å². The highest BCUT2D eigenvalue weighted by Gasteiger charge is 2.14. The van der Waals surface area contributed by atoms with Crippen LogP contribution in [0.3, 0.4) is 0 Å². The van der Waals surface area contributed by atoms with Crippen molar-refractivity contribution < 1.29 is 19.5 Å². The lowest BCUT2D eigenvalue weighted by atomic mass is 9.80. The second-order valence-electron chi connectivity index (χ2n) is 10.0. The van der Waals surface area contributed by atoms with Gasteiger partial charge in [-0.3, -0.25) is 0 Å². The van der Waals surface area contributed by atoms with Gasteiger partial charge in [0.2, 0.25) is 0 Å². The fourth-order valence-electron chi connectivity index (χ4n) is 4.61. The lowest BCUT2D eigenvalue weighted by Crippen LogP contribution is -2.29. The van der Waals surface area contributed by atoms with E-state index in [-0.39, 0.29) is 7.43 Å². The zero-order valence-electron chi connectivity index (χ0n) is 25.6. The molecule has 8 nitrogen and oxygen atoms in total. The maximum atomic E-state index is 8.70. The molecule has 0 aliphatic heterocycles. The van der Waals surface area contributed by atoms with Gasteiger partial charge in [-0.05, 0) is 96.8 Å². The molecule has 0 amide bonds. The Hall–Kier alpha value is -3.72. The maximum Gasteiger partial charge on any atom is 0.488 e. The summed E-state index contributed by atoms with van der Waals surface area (Å²) in [6.45, 7) is 2.17. The predicted molar refractivity (Wildman–Crippen MR) is 207 cm³/mol. The molecule has 0 unspecified atom stereocenters. The summed E-state index contributed by atoms with van der Waals surface area (Å²) in [6.07, 6.45) is 1.05. The van der Waals surface area contributed by atoms with Crippen LogP contribution in [-0.2, 0) is 6.42 Å². The summed E-state index contributed by atoms with van der Waals surface area (Å²) in [6, 6.07) is 31.5. The quantitative estimate of drug-likeness (QED) is 0.161. The van der Waals surface area contributed by atoms with Gasteiger partial charge < -0.3 is 19.5 Å². The van der Waals surface area contributed by atoms with Gasteiger partial charge in [0, 0.05) is 20.1 Å². The maximum absolute atomic E-state index is 8.70. The second-order valence-corrected chi connectivity index (χ2v) is 12.8. The van der Waals surface area contributed by atoms with Crippen molar-refractivity contribution in [2.24, 2.45) is 0 Å². The van der Waals surface area contributed by atoms with Crippen molar-refractivity contribution in [1.82, 2.24) is 17.5 Å². The lowest BCUT2D eigenvalue weighted by Gasteiger charge is -2.08. The van der Waals surface area contributed by atoms with E-state index in [0.29, 0.717) is 11.2 Å². The average Bonchev–Trinajstić information content (AvgIpc) is 3.82. The minimum atomic E-state index is -1.40. The molecule has 7 rings (SSSR count). The number of aryl methyl sites for hydroxylation is 1. The number of benzene rings is 5. The van der Waals surface area contributed by atoms with Crippen LogP contribution in [-0.4, -0.2) is 48.9 Å². The highest BCUT2D eigenvalue weighted by atomic mass is 79.9. The van der Waals surface area contributed by atoms with Gasteiger partial charge in [0.1, 0.15) is 33.6 Å². The van der Waals surface area contributed by atoms with Crippen LogP contribution in [0.1, 0.15) is 19.9 Å². The second kappa shape index (κ2) is 17.6. The zero-order chi connectivity index (χ0) is 33.3. The summed E-state index contributed by atoms with van der Waals surface area (Å²) in [7, 11) is 1.83. The third kappa shape index (κ3) is 8.84. The predicted octanol–water partition coefficient (Wildman–Crippen LogP) is 8.82. The number of aromatic nitrogens is 4. The molecule has 2 heterocycles. The molecule has 0 radical (unpaired) electrons. The van der Waals surface area contributed by atoms with E-state index in [0.717, 1.165) is 59.9 Å². The van der Waals surface area contributed by atoms with Gasteiger partial charge in [-0.2, -0.15) is 17.5 Å². The molecular formula is C35H33BBr2N4O4S2. The molecule has 13 heteroatoms. The molecule has 7 aromatic rings. The summed E-state index contributed by atoms with van der Waals surface area (Å²) < 4.78 is 29.5. The normalized spacial score (nSPS) is 10.3. The molecule has 0 fully saturated rings. The molecular weight excluding hydrogens is 775 g/mol. The molecule has 0 spiro atoms. The van der Waals surface area contributed by atoms with Crippen molar-refractivity contribution in [3.63, 3.8) is 0 Å². The van der Waals surface area contributed by atoms with Crippen LogP contribution in [0.2, 0.25) is 0 Å². The number of halogens is 2. The van der Waals surface area contributed by atoms with Crippen LogP contribution in [0.15, 0.2) is 106 Å². The van der Waals surface area contributed by atoms with Gasteiger partial charge >= 0.3 is 7.12 Å². The van der Waals surface area contributed by atoms with Gasteiger partial charge in [0.25, 0.3) is 0 Å². The summed E-state index contributed by atoms with van der Waals surface area (Å²) >= 11 is 9.27. The lowest BCUT2D eigenvalue weighted by molar-refractivity contribution is 0.414. The Morgan fingerprint density at radius 2 is 0.979 bits per heavy atom. The number of methoxy groups -OCH3 is 2. The minimum Gasteiger partial charge on any atom is -0.497 e. The van der Waals surface area contributed by atoms with E-state index in [1.54, 1.807) is 38.5 Å². The third-order valence-corrected chi connectivity index (χ3v) is 9.56. The van der Waals surface area contributed by atoms with Crippen molar-refractivity contribution in [3.8, 4) is 33.8 Å². The van der Waals surface area contributed by atoms with Crippen molar-refractivity contribution in [2.45, 2.75) is 20.8 Å². The summed E-state index contributed by atoms with van der Waals surface area (Å²) in [5.41, 5.74) is 10.1. The molecule has 2 aromatic heterocycles. The first-order chi connectivity index (χ1) is 22.8. The van der Waals surface area contributed by atoms with Crippen molar-refractivity contribution in [2.75, 3.05) is 14.2 Å². The molecule has 0 atom stereocenters. The van der Waals surface area contributed by atoms with Gasteiger partial charge in [0.15, 0.2) is 0 Å². The number of ether oxygens (including phenoxy) is 2. The van der Waals surface area contributed by atoms with E-state index in [1.165, 1.54) is 34.6 Å². The molecule has 0 aliphatic rings. The zero-order valence-corrected chi connectivity index (χ0v) is 30.4. The largest absolute Gasteiger partial charge is 0.497 e.